The summed E-state index contributed by atoms with van der Waals surface area (Å²) in [6.07, 6.45) is 0. The van der Waals surface area contributed by atoms with Crippen molar-refractivity contribution in [2.75, 3.05) is 51.9 Å². The number of hydrogen-bond acceptors (Lipinski definition) is 9. The molecule has 0 spiro atoms. The molecular weight excluding hydrogens is 456 g/mol. The lowest BCUT2D eigenvalue weighted by atomic mass is 10.3. The zero-order chi connectivity index (χ0) is 23.8. The van der Waals surface area contributed by atoms with Gasteiger partial charge in [-0.1, -0.05) is 12.1 Å². The minimum Gasteiger partial charge on any atom is -0.504 e. The first-order valence-electron chi connectivity index (χ1n) is 9.93. The first-order chi connectivity index (χ1) is 15.8. The van der Waals surface area contributed by atoms with E-state index in [9.17, 15) is 23.1 Å². The smallest absolute Gasteiger partial charge is 0.344 e. The lowest BCUT2D eigenvalue weighted by Crippen LogP contribution is -2.40. The molecule has 0 bridgehead atoms. The van der Waals surface area contributed by atoms with Crippen LogP contribution in [0.1, 0.15) is 0 Å². The number of anilines is 1. The van der Waals surface area contributed by atoms with Crippen LogP contribution >= 0.6 is 0 Å². The van der Waals surface area contributed by atoms with Crippen LogP contribution in [0.4, 0.5) is 5.69 Å². The maximum absolute atomic E-state index is 12.8. The van der Waals surface area contributed by atoms with Gasteiger partial charge in [0, 0.05) is 19.2 Å². The largest absolute Gasteiger partial charge is 0.504 e. The second kappa shape index (κ2) is 11.0. The van der Waals surface area contributed by atoms with Gasteiger partial charge in [0.15, 0.2) is 24.7 Å². The highest BCUT2D eigenvalue weighted by molar-refractivity contribution is 7.89. The molecule has 3 rings (SSSR count). The van der Waals surface area contributed by atoms with Gasteiger partial charge in [0.1, 0.15) is 5.75 Å². The average Bonchev–Trinajstić information content (AvgIpc) is 2.83. The summed E-state index contributed by atoms with van der Waals surface area (Å²) in [5.41, 5.74) is 0.213. The quantitative estimate of drug-likeness (QED) is 0.503. The van der Waals surface area contributed by atoms with Crippen molar-refractivity contribution < 1.29 is 42.1 Å². The van der Waals surface area contributed by atoms with E-state index >= 15 is 0 Å². The van der Waals surface area contributed by atoms with Crippen LogP contribution in [0.2, 0.25) is 0 Å². The van der Waals surface area contributed by atoms with Crippen LogP contribution in [-0.4, -0.2) is 76.3 Å². The molecule has 1 heterocycles. The molecule has 2 aromatic carbocycles. The SMILES string of the molecule is COc1cc(S(=O)(=O)N2CCOCC2)ccc1NC(=O)COC(=O)COc1ccccc1O. The summed E-state index contributed by atoms with van der Waals surface area (Å²) >= 11 is 0. The topological polar surface area (TPSA) is 141 Å². The third-order valence-corrected chi connectivity index (χ3v) is 6.52. The number of nitrogens with zero attached hydrogens (tertiary/aromatic N) is 1. The summed E-state index contributed by atoms with van der Waals surface area (Å²) in [4.78, 5) is 24.0. The number of morpholine rings is 1. The number of benzene rings is 2. The Balaban J connectivity index is 1.55. The zero-order valence-corrected chi connectivity index (χ0v) is 18.7. The maximum Gasteiger partial charge on any atom is 0.344 e. The third-order valence-electron chi connectivity index (χ3n) is 4.63. The third kappa shape index (κ3) is 6.34. The van der Waals surface area contributed by atoms with Gasteiger partial charge in [-0.2, -0.15) is 4.31 Å². The molecule has 0 saturated carbocycles. The van der Waals surface area contributed by atoms with Crippen LogP contribution in [-0.2, 0) is 29.1 Å². The number of para-hydroxylation sites is 2. The molecule has 1 aliphatic heterocycles. The molecule has 178 valence electrons. The van der Waals surface area contributed by atoms with Crippen LogP contribution in [0.25, 0.3) is 0 Å². The average molecular weight is 480 g/mol. The molecule has 11 nitrogen and oxygen atoms in total. The van der Waals surface area contributed by atoms with Crippen molar-refractivity contribution in [3.05, 3.63) is 42.5 Å². The summed E-state index contributed by atoms with van der Waals surface area (Å²) in [5.74, 6) is -1.36. The number of carbonyl (C=O) groups is 2. The van der Waals surface area contributed by atoms with Crippen LogP contribution in [0.3, 0.4) is 0 Å². The summed E-state index contributed by atoms with van der Waals surface area (Å²) in [5, 5.41) is 12.1. The number of esters is 1. The number of ether oxygens (including phenoxy) is 4. The number of amides is 1. The normalized spacial score (nSPS) is 14.3. The summed E-state index contributed by atoms with van der Waals surface area (Å²) < 4.78 is 47.3. The van der Waals surface area contributed by atoms with E-state index in [0.29, 0.717) is 13.2 Å². The number of sulfonamides is 1. The number of aromatic hydroxyl groups is 1. The second-order valence-corrected chi connectivity index (χ2v) is 8.78. The zero-order valence-electron chi connectivity index (χ0n) is 17.9. The van der Waals surface area contributed by atoms with Gasteiger partial charge in [-0.25, -0.2) is 13.2 Å². The van der Waals surface area contributed by atoms with E-state index in [2.05, 4.69) is 5.32 Å². The van der Waals surface area contributed by atoms with Crippen LogP contribution in [0, 0.1) is 0 Å². The highest BCUT2D eigenvalue weighted by Gasteiger charge is 2.27. The van der Waals surface area contributed by atoms with Gasteiger partial charge in [0.25, 0.3) is 5.91 Å². The van der Waals surface area contributed by atoms with Crippen molar-refractivity contribution in [1.82, 2.24) is 4.31 Å². The van der Waals surface area contributed by atoms with Crippen molar-refractivity contribution in [3.8, 4) is 17.2 Å². The van der Waals surface area contributed by atoms with Gasteiger partial charge in [0.05, 0.1) is 30.9 Å². The summed E-state index contributed by atoms with van der Waals surface area (Å²) in [6, 6.07) is 10.2. The van der Waals surface area contributed by atoms with E-state index in [1.807, 2.05) is 0 Å². The summed E-state index contributed by atoms with van der Waals surface area (Å²) in [6.45, 7) is 0.0496. The fraction of sp³-hybridized carbons (Fsp3) is 0.333. The fourth-order valence-electron chi connectivity index (χ4n) is 2.96. The molecule has 2 N–H and O–H groups in total. The summed E-state index contributed by atoms with van der Waals surface area (Å²) in [7, 11) is -2.39. The van der Waals surface area contributed by atoms with E-state index in [-0.39, 0.29) is 40.9 Å². The van der Waals surface area contributed by atoms with Crippen LogP contribution in [0.15, 0.2) is 47.4 Å². The molecule has 0 atom stereocenters. The van der Waals surface area contributed by atoms with Gasteiger partial charge < -0.3 is 29.4 Å². The molecule has 0 unspecified atom stereocenters. The minimum atomic E-state index is -3.73. The molecule has 1 amide bonds. The molecule has 1 aliphatic rings. The van der Waals surface area contributed by atoms with E-state index in [0.717, 1.165) is 0 Å². The molecular formula is C21H24N2O9S. The Morgan fingerprint density at radius 2 is 1.82 bits per heavy atom. The van der Waals surface area contributed by atoms with Crippen molar-refractivity contribution >= 4 is 27.6 Å². The van der Waals surface area contributed by atoms with Crippen molar-refractivity contribution in [2.45, 2.75) is 4.90 Å². The number of hydrogen-bond donors (Lipinski definition) is 2. The Bertz CT molecular complexity index is 1100. The number of carbonyl (C=O) groups excluding carboxylic acids is 2. The first-order valence-corrected chi connectivity index (χ1v) is 11.4. The maximum atomic E-state index is 12.8. The van der Waals surface area contributed by atoms with Gasteiger partial charge in [-0.05, 0) is 24.3 Å². The van der Waals surface area contributed by atoms with E-state index in [1.165, 1.54) is 41.7 Å². The monoisotopic (exact) mass is 480 g/mol. The lowest BCUT2D eigenvalue weighted by molar-refractivity contribution is -0.149. The van der Waals surface area contributed by atoms with Crippen molar-refractivity contribution in [1.29, 1.82) is 0 Å². The van der Waals surface area contributed by atoms with Gasteiger partial charge in [-0.15, -0.1) is 0 Å². The molecule has 12 heteroatoms. The first kappa shape index (κ1) is 24.3. The number of nitrogens with one attached hydrogen (secondary N) is 1. The molecule has 2 aromatic rings. The highest BCUT2D eigenvalue weighted by atomic mass is 32.2. The Morgan fingerprint density at radius 3 is 2.52 bits per heavy atom. The standard InChI is InChI=1S/C21H24N2O9S/c1-29-19-12-15(33(27,28)23-8-10-30-11-9-23)6-7-16(19)22-20(25)13-32-21(26)14-31-18-5-3-2-4-17(18)24/h2-7,12,24H,8-11,13-14H2,1H3,(H,22,25). The van der Waals surface area contributed by atoms with Gasteiger partial charge in [0.2, 0.25) is 10.0 Å². The van der Waals surface area contributed by atoms with Crippen LogP contribution < -0.4 is 14.8 Å². The van der Waals surface area contributed by atoms with E-state index < -0.39 is 35.1 Å². The van der Waals surface area contributed by atoms with Crippen molar-refractivity contribution in [3.63, 3.8) is 0 Å². The van der Waals surface area contributed by atoms with Crippen LogP contribution in [0.5, 0.6) is 17.2 Å². The molecule has 1 fully saturated rings. The highest BCUT2D eigenvalue weighted by Crippen LogP contribution is 2.29. The van der Waals surface area contributed by atoms with E-state index in [4.69, 9.17) is 18.9 Å². The minimum absolute atomic E-state index is 0.0204. The molecule has 0 aliphatic carbocycles. The van der Waals surface area contributed by atoms with E-state index in [1.54, 1.807) is 12.1 Å². The molecule has 1 saturated heterocycles. The number of methoxy groups -OCH3 is 1. The molecule has 33 heavy (non-hydrogen) atoms. The Kier molecular flexibility index (Phi) is 8.09. The lowest BCUT2D eigenvalue weighted by Gasteiger charge is -2.26. The Morgan fingerprint density at radius 1 is 1.09 bits per heavy atom. The predicted octanol–water partition coefficient (Wildman–Crippen LogP) is 0.982. The van der Waals surface area contributed by atoms with Gasteiger partial charge >= 0.3 is 5.97 Å². The molecule has 0 aromatic heterocycles. The number of rotatable bonds is 9. The number of phenols is 1. The number of phenolic OH excluding ortho intramolecular Hbond substituents is 1. The second-order valence-electron chi connectivity index (χ2n) is 6.84. The fourth-order valence-corrected chi connectivity index (χ4v) is 4.39. The Labute approximate surface area is 190 Å². The Hall–Kier alpha value is -3.35. The van der Waals surface area contributed by atoms with Gasteiger partial charge in [-0.3, -0.25) is 4.79 Å². The molecule has 0 radical (unpaired) electrons. The van der Waals surface area contributed by atoms with Crippen molar-refractivity contribution in [2.24, 2.45) is 0 Å². The predicted molar refractivity (Wildman–Crippen MR) is 116 cm³/mol.